The molecule has 0 saturated carbocycles. The minimum atomic E-state index is -0.634. The molecule has 5 nitrogen and oxygen atoms in total. The third kappa shape index (κ3) is 2.73. The summed E-state index contributed by atoms with van der Waals surface area (Å²) in [6, 6.07) is 7.29. The number of carbonyl (C=O) groups is 1. The second kappa shape index (κ2) is 4.86. The largest absolute Gasteiger partial charge is 0.485 e. The molecule has 18 heavy (non-hydrogen) atoms. The zero-order valence-electron chi connectivity index (χ0n) is 10.6. The second-order valence-corrected chi connectivity index (χ2v) is 4.94. The number of para-hydroxylation sites is 2. The summed E-state index contributed by atoms with van der Waals surface area (Å²) in [5.74, 6) is 1.05. The zero-order chi connectivity index (χ0) is 13.2. The molecule has 5 heteroatoms. The van der Waals surface area contributed by atoms with Crippen LogP contribution in [0.1, 0.15) is 13.8 Å². The van der Waals surface area contributed by atoms with Crippen molar-refractivity contribution in [1.82, 2.24) is 5.32 Å². The fraction of sp³-hybridized carbons (Fsp3) is 0.462. The molecule has 1 unspecified atom stereocenters. The molecule has 1 aliphatic heterocycles. The van der Waals surface area contributed by atoms with Gasteiger partial charge in [0.15, 0.2) is 11.5 Å². The highest BCUT2D eigenvalue weighted by Gasteiger charge is 2.30. The number of hydrogen-bond acceptors (Lipinski definition) is 4. The van der Waals surface area contributed by atoms with E-state index in [1.807, 2.05) is 32.0 Å². The van der Waals surface area contributed by atoms with Crippen LogP contribution in [0.15, 0.2) is 24.3 Å². The predicted molar refractivity (Wildman–Crippen MR) is 67.6 cm³/mol. The molecule has 1 aliphatic rings. The van der Waals surface area contributed by atoms with Gasteiger partial charge in [-0.05, 0) is 26.0 Å². The zero-order valence-corrected chi connectivity index (χ0v) is 10.6. The molecule has 98 valence electrons. The number of rotatable bonds is 3. The maximum Gasteiger partial charge on any atom is 0.265 e. The Kier molecular flexibility index (Phi) is 3.43. The average Bonchev–Trinajstić information content (AvgIpc) is 2.37. The highest BCUT2D eigenvalue weighted by molar-refractivity contribution is 5.82. The molecule has 0 saturated heterocycles. The van der Waals surface area contributed by atoms with E-state index < -0.39 is 11.6 Å². The van der Waals surface area contributed by atoms with Crippen LogP contribution in [-0.2, 0) is 4.79 Å². The quantitative estimate of drug-likeness (QED) is 0.827. The molecule has 3 N–H and O–H groups in total. The number of hydrogen-bond donors (Lipinski definition) is 2. The van der Waals surface area contributed by atoms with Crippen molar-refractivity contribution in [3.05, 3.63) is 24.3 Å². The van der Waals surface area contributed by atoms with Crippen molar-refractivity contribution in [1.29, 1.82) is 0 Å². The summed E-state index contributed by atoms with van der Waals surface area (Å²) in [6.45, 7) is 4.30. The van der Waals surface area contributed by atoms with Gasteiger partial charge in [0.05, 0.1) is 0 Å². The SMILES string of the molecule is CC(C)(CN)NC(=O)C1COc2ccccc2O1. The molecular weight excluding hydrogens is 232 g/mol. The first-order chi connectivity index (χ1) is 8.52. The molecule has 0 radical (unpaired) electrons. The first-order valence-electron chi connectivity index (χ1n) is 5.92. The molecule has 2 rings (SSSR count). The Bertz CT molecular complexity index is 446. The summed E-state index contributed by atoms with van der Waals surface area (Å²) in [6.07, 6.45) is -0.634. The van der Waals surface area contributed by atoms with Crippen LogP contribution in [0.2, 0.25) is 0 Å². The molecule has 0 fully saturated rings. The van der Waals surface area contributed by atoms with Gasteiger partial charge in [0.25, 0.3) is 5.91 Å². The van der Waals surface area contributed by atoms with E-state index in [4.69, 9.17) is 15.2 Å². The Morgan fingerprint density at radius 1 is 1.44 bits per heavy atom. The minimum Gasteiger partial charge on any atom is -0.485 e. The number of benzene rings is 1. The highest BCUT2D eigenvalue weighted by atomic mass is 16.6. The Morgan fingerprint density at radius 2 is 2.11 bits per heavy atom. The van der Waals surface area contributed by atoms with Gasteiger partial charge >= 0.3 is 0 Å². The Hall–Kier alpha value is -1.75. The third-order valence-corrected chi connectivity index (χ3v) is 2.77. The maximum absolute atomic E-state index is 12.0. The van der Waals surface area contributed by atoms with E-state index in [9.17, 15) is 4.79 Å². The Labute approximate surface area is 106 Å². The van der Waals surface area contributed by atoms with Crippen molar-refractivity contribution in [2.75, 3.05) is 13.2 Å². The molecule has 1 aromatic rings. The lowest BCUT2D eigenvalue weighted by molar-refractivity contribution is -0.131. The van der Waals surface area contributed by atoms with E-state index in [2.05, 4.69) is 5.32 Å². The van der Waals surface area contributed by atoms with Gasteiger partial charge in [-0.15, -0.1) is 0 Å². The molecule has 1 heterocycles. The van der Waals surface area contributed by atoms with Crippen LogP contribution in [0.25, 0.3) is 0 Å². The van der Waals surface area contributed by atoms with Crippen molar-refractivity contribution in [2.24, 2.45) is 5.73 Å². The molecular formula is C13H18N2O3. The smallest absolute Gasteiger partial charge is 0.265 e. The maximum atomic E-state index is 12.0. The van der Waals surface area contributed by atoms with Gasteiger partial charge in [-0.3, -0.25) is 4.79 Å². The number of amides is 1. The van der Waals surface area contributed by atoms with Crippen molar-refractivity contribution < 1.29 is 14.3 Å². The van der Waals surface area contributed by atoms with Gasteiger partial charge in [-0.2, -0.15) is 0 Å². The van der Waals surface area contributed by atoms with Crippen LogP contribution in [0.4, 0.5) is 0 Å². The lowest BCUT2D eigenvalue weighted by Crippen LogP contribution is -2.54. The molecule has 1 aromatic carbocycles. The molecule has 0 bridgehead atoms. The average molecular weight is 250 g/mol. The van der Waals surface area contributed by atoms with E-state index in [0.29, 0.717) is 18.0 Å². The summed E-state index contributed by atoms with van der Waals surface area (Å²) in [4.78, 5) is 12.0. The van der Waals surface area contributed by atoms with E-state index in [1.54, 1.807) is 6.07 Å². The van der Waals surface area contributed by atoms with E-state index in [0.717, 1.165) is 0 Å². The van der Waals surface area contributed by atoms with Crippen molar-refractivity contribution >= 4 is 5.91 Å². The fourth-order valence-corrected chi connectivity index (χ4v) is 1.61. The first-order valence-corrected chi connectivity index (χ1v) is 5.92. The molecule has 0 aliphatic carbocycles. The van der Waals surface area contributed by atoms with Gasteiger partial charge in [0, 0.05) is 12.1 Å². The number of fused-ring (bicyclic) bond motifs is 1. The Balaban J connectivity index is 2.03. The lowest BCUT2D eigenvalue weighted by Gasteiger charge is -2.30. The van der Waals surface area contributed by atoms with Crippen LogP contribution in [-0.4, -0.2) is 30.7 Å². The van der Waals surface area contributed by atoms with E-state index in [1.165, 1.54) is 0 Å². The van der Waals surface area contributed by atoms with Gasteiger partial charge < -0.3 is 20.5 Å². The molecule has 0 spiro atoms. The van der Waals surface area contributed by atoms with Crippen LogP contribution in [0.5, 0.6) is 11.5 Å². The van der Waals surface area contributed by atoms with Crippen LogP contribution >= 0.6 is 0 Å². The van der Waals surface area contributed by atoms with Crippen molar-refractivity contribution in [3.63, 3.8) is 0 Å². The van der Waals surface area contributed by atoms with Crippen LogP contribution < -0.4 is 20.5 Å². The van der Waals surface area contributed by atoms with Crippen LogP contribution in [0.3, 0.4) is 0 Å². The van der Waals surface area contributed by atoms with E-state index in [-0.39, 0.29) is 12.5 Å². The van der Waals surface area contributed by atoms with Crippen molar-refractivity contribution in [2.45, 2.75) is 25.5 Å². The van der Waals surface area contributed by atoms with Crippen LogP contribution in [0, 0.1) is 0 Å². The first kappa shape index (κ1) is 12.7. The van der Waals surface area contributed by atoms with Crippen molar-refractivity contribution in [3.8, 4) is 11.5 Å². The summed E-state index contributed by atoms with van der Waals surface area (Å²) in [7, 11) is 0. The fourth-order valence-electron chi connectivity index (χ4n) is 1.61. The Morgan fingerprint density at radius 3 is 2.78 bits per heavy atom. The number of nitrogens with two attached hydrogens (primary N) is 1. The van der Waals surface area contributed by atoms with Gasteiger partial charge in [-0.25, -0.2) is 0 Å². The monoisotopic (exact) mass is 250 g/mol. The number of ether oxygens (including phenoxy) is 2. The van der Waals surface area contributed by atoms with Gasteiger partial charge in [-0.1, -0.05) is 12.1 Å². The molecule has 0 aromatic heterocycles. The lowest BCUT2D eigenvalue weighted by atomic mass is 10.1. The highest BCUT2D eigenvalue weighted by Crippen LogP contribution is 2.30. The summed E-state index contributed by atoms with van der Waals surface area (Å²) in [5, 5.41) is 2.84. The van der Waals surface area contributed by atoms with E-state index >= 15 is 0 Å². The number of nitrogens with one attached hydrogen (secondary N) is 1. The normalized spacial score (nSPS) is 18.3. The molecule has 1 atom stereocenters. The summed E-state index contributed by atoms with van der Waals surface area (Å²) < 4.78 is 11.1. The minimum absolute atomic E-state index is 0.208. The van der Waals surface area contributed by atoms with Gasteiger partial charge in [0.1, 0.15) is 6.61 Å². The topological polar surface area (TPSA) is 73.6 Å². The third-order valence-electron chi connectivity index (χ3n) is 2.77. The van der Waals surface area contributed by atoms with Gasteiger partial charge in [0.2, 0.25) is 6.10 Å². The summed E-state index contributed by atoms with van der Waals surface area (Å²) in [5.41, 5.74) is 5.13. The summed E-state index contributed by atoms with van der Waals surface area (Å²) >= 11 is 0. The number of carbonyl (C=O) groups excluding carboxylic acids is 1. The predicted octanol–water partition coefficient (Wildman–Crippen LogP) is 0.680. The standard InChI is InChI=1S/C13H18N2O3/c1-13(2,8-14)15-12(16)11-7-17-9-5-3-4-6-10(9)18-11/h3-6,11H,7-8,14H2,1-2H3,(H,15,16). The molecule has 1 amide bonds. The second-order valence-electron chi connectivity index (χ2n) is 4.94.